The Morgan fingerprint density at radius 1 is 1.33 bits per heavy atom. The molecule has 0 radical (unpaired) electrons. The number of benzene rings is 1. The van der Waals surface area contributed by atoms with Crippen molar-refractivity contribution in [2.24, 2.45) is 0 Å². The molecule has 0 saturated heterocycles. The second kappa shape index (κ2) is 8.68. The molecule has 0 aliphatic carbocycles. The molecule has 0 spiro atoms. The molecule has 2 rings (SSSR count). The lowest BCUT2D eigenvalue weighted by molar-refractivity contribution is 0.0796. The molecule has 0 unspecified atom stereocenters. The van der Waals surface area contributed by atoms with Crippen LogP contribution >= 0.6 is 15.9 Å². The van der Waals surface area contributed by atoms with Crippen LogP contribution in [0.5, 0.6) is 11.5 Å². The highest BCUT2D eigenvalue weighted by molar-refractivity contribution is 9.10. The van der Waals surface area contributed by atoms with Crippen molar-refractivity contribution in [3.63, 3.8) is 0 Å². The van der Waals surface area contributed by atoms with Gasteiger partial charge in [-0.15, -0.1) is 0 Å². The predicted molar refractivity (Wildman–Crippen MR) is 96.8 cm³/mol. The van der Waals surface area contributed by atoms with Crippen LogP contribution in [-0.2, 0) is 6.42 Å². The molecule has 0 aliphatic rings. The number of ether oxygens (including phenoxy) is 2. The Kier molecular flexibility index (Phi) is 6.61. The van der Waals surface area contributed by atoms with Gasteiger partial charge in [-0.25, -0.2) is 0 Å². The van der Waals surface area contributed by atoms with Gasteiger partial charge in [-0.1, -0.05) is 6.07 Å². The molecule has 24 heavy (non-hydrogen) atoms. The van der Waals surface area contributed by atoms with Crippen molar-refractivity contribution < 1.29 is 14.3 Å². The number of likely N-dealkylation sites (N-methyl/N-ethyl adjacent to an activating group) is 1. The largest absolute Gasteiger partial charge is 0.493 e. The number of halogens is 1. The van der Waals surface area contributed by atoms with Gasteiger partial charge in [0.05, 0.1) is 18.2 Å². The Bertz CT molecular complexity index is 692. The minimum Gasteiger partial charge on any atom is -0.493 e. The number of carbonyl (C=O) groups is 1. The molecule has 2 aromatic rings. The minimum atomic E-state index is -0.0759. The lowest BCUT2D eigenvalue weighted by Crippen LogP contribution is -2.29. The molecule has 0 saturated carbocycles. The van der Waals surface area contributed by atoms with Crippen molar-refractivity contribution in [2.75, 3.05) is 27.3 Å². The molecule has 128 valence electrons. The molecular weight excluding hydrogens is 372 g/mol. The highest BCUT2D eigenvalue weighted by Gasteiger charge is 2.18. The molecule has 1 heterocycles. The van der Waals surface area contributed by atoms with Crippen molar-refractivity contribution in [1.82, 2.24) is 9.88 Å². The summed E-state index contributed by atoms with van der Waals surface area (Å²) in [4.78, 5) is 18.6. The van der Waals surface area contributed by atoms with E-state index in [2.05, 4.69) is 20.9 Å². The maximum atomic E-state index is 12.6. The summed E-state index contributed by atoms with van der Waals surface area (Å²) in [6, 6.07) is 9.23. The number of amides is 1. The quantitative estimate of drug-likeness (QED) is 0.722. The van der Waals surface area contributed by atoms with Gasteiger partial charge >= 0.3 is 0 Å². The molecule has 1 aromatic carbocycles. The summed E-state index contributed by atoms with van der Waals surface area (Å²) in [7, 11) is 3.34. The molecule has 0 fully saturated rings. The van der Waals surface area contributed by atoms with Gasteiger partial charge in [0.1, 0.15) is 0 Å². The average Bonchev–Trinajstić information content (AvgIpc) is 2.61. The third-order valence-electron chi connectivity index (χ3n) is 3.54. The number of aromatic nitrogens is 1. The Labute approximate surface area is 150 Å². The Morgan fingerprint density at radius 3 is 2.75 bits per heavy atom. The molecule has 1 amide bonds. The van der Waals surface area contributed by atoms with Crippen LogP contribution in [0.1, 0.15) is 23.0 Å². The van der Waals surface area contributed by atoms with Gasteiger partial charge in [-0.05, 0) is 47.1 Å². The predicted octanol–water partition coefficient (Wildman–Crippen LogP) is 3.57. The van der Waals surface area contributed by atoms with Crippen LogP contribution in [0.15, 0.2) is 41.0 Å². The first kappa shape index (κ1) is 18.3. The smallest absolute Gasteiger partial charge is 0.253 e. The van der Waals surface area contributed by atoms with Gasteiger partial charge in [0.2, 0.25) is 0 Å². The van der Waals surface area contributed by atoms with Crippen LogP contribution in [0.4, 0.5) is 0 Å². The topological polar surface area (TPSA) is 51.7 Å². The second-order valence-electron chi connectivity index (χ2n) is 5.22. The number of nitrogens with zero attached hydrogens (tertiary/aromatic N) is 2. The molecule has 0 bridgehead atoms. The van der Waals surface area contributed by atoms with Gasteiger partial charge in [0.15, 0.2) is 11.5 Å². The van der Waals surface area contributed by atoms with Crippen LogP contribution in [0, 0.1) is 0 Å². The standard InChI is InChI=1S/C18H21BrN2O3/c1-4-24-17-15(19)11-13(12-16(17)23-3)18(22)21(2)10-8-14-7-5-6-9-20-14/h5-7,9,11-12H,4,8,10H2,1-3H3. The van der Waals surface area contributed by atoms with Gasteiger partial charge in [0, 0.05) is 37.5 Å². The van der Waals surface area contributed by atoms with E-state index in [9.17, 15) is 4.79 Å². The minimum absolute atomic E-state index is 0.0759. The van der Waals surface area contributed by atoms with Crippen LogP contribution in [-0.4, -0.2) is 43.1 Å². The number of rotatable bonds is 7. The van der Waals surface area contributed by atoms with Gasteiger partial charge < -0.3 is 14.4 Å². The fourth-order valence-corrected chi connectivity index (χ4v) is 2.83. The summed E-state index contributed by atoms with van der Waals surface area (Å²) in [5.41, 5.74) is 1.51. The maximum Gasteiger partial charge on any atom is 0.253 e. The van der Waals surface area contributed by atoms with Crippen molar-refractivity contribution in [2.45, 2.75) is 13.3 Å². The summed E-state index contributed by atoms with van der Waals surface area (Å²) in [5, 5.41) is 0. The van der Waals surface area contributed by atoms with E-state index in [1.807, 2.05) is 25.1 Å². The summed E-state index contributed by atoms with van der Waals surface area (Å²) < 4.78 is 11.6. The normalized spacial score (nSPS) is 10.3. The van der Waals surface area contributed by atoms with E-state index in [1.54, 1.807) is 37.4 Å². The van der Waals surface area contributed by atoms with Crippen molar-refractivity contribution in [3.8, 4) is 11.5 Å². The molecule has 0 aliphatic heterocycles. The van der Waals surface area contributed by atoms with E-state index in [-0.39, 0.29) is 5.91 Å². The zero-order valence-corrected chi connectivity index (χ0v) is 15.7. The third-order valence-corrected chi connectivity index (χ3v) is 4.13. The van der Waals surface area contributed by atoms with Gasteiger partial charge in [-0.2, -0.15) is 0 Å². The van der Waals surface area contributed by atoms with E-state index >= 15 is 0 Å². The SMILES string of the molecule is CCOc1c(Br)cc(C(=O)N(C)CCc2ccccn2)cc1OC. The lowest BCUT2D eigenvalue weighted by atomic mass is 10.1. The van der Waals surface area contributed by atoms with Crippen LogP contribution in [0.3, 0.4) is 0 Å². The van der Waals surface area contributed by atoms with Gasteiger partial charge in [0.25, 0.3) is 5.91 Å². The summed E-state index contributed by atoms with van der Waals surface area (Å²) in [6.45, 7) is 3.01. The first-order valence-corrected chi connectivity index (χ1v) is 8.51. The van der Waals surface area contributed by atoms with E-state index < -0.39 is 0 Å². The second-order valence-corrected chi connectivity index (χ2v) is 6.07. The highest BCUT2D eigenvalue weighted by atomic mass is 79.9. The van der Waals surface area contributed by atoms with Crippen LogP contribution in [0.2, 0.25) is 0 Å². The molecule has 1 aromatic heterocycles. The molecule has 6 heteroatoms. The van der Waals surface area contributed by atoms with E-state index in [0.29, 0.717) is 41.1 Å². The molecule has 0 atom stereocenters. The zero-order chi connectivity index (χ0) is 17.5. The summed E-state index contributed by atoms with van der Waals surface area (Å²) in [6.07, 6.45) is 2.46. The fourth-order valence-electron chi connectivity index (χ4n) is 2.28. The Morgan fingerprint density at radius 2 is 2.12 bits per heavy atom. The number of carbonyl (C=O) groups excluding carboxylic acids is 1. The number of pyridine rings is 1. The van der Waals surface area contributed by atoms with E-state index in [0.717, 1.165) is 5.69 Å². The fraction of sp³-hybridized carbons (Fsp3) is 0.333. The van der Waals surface area contributed by atoms with Gasteiger partial charge in [-0.3, -0.25) is 9.78 Å². The van der Waals surface area contributed by atoms with Crippen LogP contribution in [0.25, 0.3) is 0 Å². The zero-order valence-electron chi connectivity index (χ0n) is 14.1. The van der Waals surface area contributed by atoms with Crippen molar-refractivity contribution in [1.29, 1.82) is 0 Å². The van der Waals surface area contributed by atoms with Crippen LogP contribution < -0.4 is 9.47 Å². The molecule has 0 N–H and O–H groups in total. The monoisotopic (exact) mass is 392 g/mol. The number of hydrogen-bond acceptors (Lipinski definition) is 4. The number of hydrogen-bond donors (Lipinski definition) is 0. The first-order valence-electron chi connectivity index (χ1n) is 7.72. The Balaban J connectivity index is 2.12. The third kappa shape index (κ3) is 4.47. The first-order chi connectivity index (χ1) is 11.6. The Hall–Kier alpha value is -2.08. The van der Waals surface area contributed by atoms with Crippen molar-refractivity contribution in [3.05, 3.63) is 52.3 Å². The number of methoxy groups -OCH3 is 1. The van der Waals surface area contributed by atoms with E-state index in [4.69, 9.17) is 9.47 Å². The van der Waals surface area contributed by atoms with Crippen molar-refractivity contribution >= 4 is 21.8 Å². The summed E-state index contributed by atoms with van der Waals surface area (Å²) in [5.74, 6) is 1.06. The molecule has 5 nitrogen and oxygen atoms in total. The molecular formula is C18H21BrN2O3. The summed E-state index contributed by atoms with van der Waals surface area (Å²) >= 11 is 3.45. The lowest BCUT2D eigenvalue weighted by Gasteiger charge is -2.19. The van der Waals surface area contributed by atoms with E-state index in [1.165, 1.54) is 0 Å². The average molecular weight is 393 g/mol. The highest BCUT2D eigenvalue weighted by Crippen LogP contribution is 2.36. The maximum absolute atomic E-state index is 12.6.